The van der Waals surface area contributed by atoms with Gasteiger partial charge in [0.15, 0.2) is 0 Å². The second kappa shape index (κ2) is 5.31. The van der Waals surface area contributed by atoms with Gasteiger partial charge in [0.1, 0.15) is 12.4 Å². The van der Waals surface area contributed by atoms with Gasteiger partial charge in [-0.25, -0.2) is 0 Å². The Balaban J connectivity index is 2.80. The summed E-state index contributed by atoms with van der Waals surface area (Å²) in [6.45, 7) is 2.90. The average Bonchev–Trinajstić information content (AvgIpc) is 2.20. The van der Waals surface area contributed by atoms with Gasteiger partial charge in [-0.2, -0.15) is 0 Å². The average molecular weight is 210 g/mol. The minimum atomic E-state index is -0.403. The highest BCUT2D eigenvalue weighted by molar-refractivity contribution is 5.48. The van der Waals surface area contributed by atoms with Crippen LogP contribution in [0.5, 0.6) is 5.75 Å². The molecule has 1 aromatic carbocycles. The van der Waals surface area contributed by atoms with Crippen molar-refractivity contribution in [2.24, 2.45) is 0 Å². The standard InChI is InChI=1S/C10H14N2O3/c1-8-9(12(13)14)4-3-5-10(8)15-7-6-11-2/h3-5,11H,6-7H2,1-2H3. The fraction of sp³-hybridized carbons (Fsp3) is 0.400. The van der Waals surface area contributed by atoms with Crippen molar-refractivity contribution in [1.29, 1.82) is 0 Å². The molecule has 0 saturated carbocycles. The molecule has 0 aliphatic carbocycles. The highest BCUT2D eigenvalue weighted by Crippen LogP contribution is 2.26. The molecule has 0 unspecified atom stereocenters. The molecule has 0 fully saturated rings. The summed E-state index contributed by atoms with van der Waals surface area (Å²) in [4.78, 5) is 10.2. The number of likely N-dealkylation sites (N-methyl/N-ethyl adjacent to an activating group) is 1. The number of hydrogen-bond donors (Lipinski definition) is 1. The smallest absolute Gasteiger partial charge is 0.276 e. The van der Waals surface area contributed by atoms with Crippen LogP contribution in [0.4, 0.5) is 5.69 Å². The van der Waals surface area contributed by atoms with Crippen LogP contribution >= 0.6 is 0 Å². The van der Waals surface area contributed by atoms with E-state index >= 15 is 0 Å². The van der Waals surface area contributed by atoms with Crippen LogP contribution in [0, 0.1) is 17.0 Å². The largest absolute Gasteiger partial charge is 0.492 e. The van der Waals surface area contributed by atoms with Crippen molar-refractivity contribution in [2.75, 3.05) is 20.2 Å². The molecule has 1 N–H and O–H groups in total. The van der Waals surface area contributed by atoms with Crippen LogP contribution in [0.15, 0.2) is 18.2 Å². The van der Waals surface area contributed by atoms with Gasteiger partial charge in [0.2, 0.25) is 0 Å². The molecule has 5 heteroatoms. The van der Waals surface area contributed by atoms with Crippen LogP contribution in [0.25, 0.3) is 0 Å². The summed E-state index contributed by atoms with van der Waals surface area (Å²) < 4.78 is 5.40. The Morgan fingerprint density at radius 1 is 1.53 bits per heavy atom. The number of ether oxygens (including phenoxy) is 1. The lowest BCUT2D eigenvalue weighted by molar-refractivity contribution is -0.385. The van der Waals surface area contributed by atoms with E-state index in [9.17, 15) is 10.1 Å². The molecule has 1 rings (SSSR count). The molecule has 0 heterocycles. The van der Waals surface area contributed by atoms with E-state index in [0.29, 0.717) is 24.5 Å². The second-order valence-electron chi connectivity index (χ2n) is 3.11. The maximum absolute atomic E-state index is 10.6. The molecule has 0 radical (unpaired) electrons. The number of hydrogen-bond acceptors (Lipinski definition) is 4. The minimum Gasteiger partial charge on any atom is -0.492 e. The Labute approximate surface area is 88.2 Å². The first kappa shape index (κ1) is 11.5. The van der Waals surface area contributed by atoms with Gasteiger partial charge in [0, 0.05) is 12.6 Å². The summed E-state index contributed by atoms with van der Waals surface area (Å²) >= 11 is 0. The van der Waals surface area contributed by atoms with Gasteiger partial charge in [-0.05, 0) is 20.0 Å². The molecule has 0 atom stereocenters. The molecule has 0 aromatic heterocycles. The summed E-state index contributed by atoms with van der Waals surface area (Å²) in [6.07, 6.45) is 0. The van der Waals surface area contributed by atoms with Crippen LogP contribution in [0.2, 0.25) is 0 Å². The summed E-state index contributed by atoms with van der Waals surface area (Å²) in [7, 11) is 1.82. The van der Waals surface area contributed by atoms with Crippen LogP contribution < -0.4 is 10.1 Å². The first-order valence-corrected chi connectivity index (χ1v) is 4.68. The maximum Gasteiger partial charge on any atom is 0.276 e. The van der Waals surface area contributed by atoms with E-state index in [1.54, 1.807) is 19.1 Å². The number of nitrogens with zero attached hydrogens (tertiary/aromatic N) is 1. The van der Waals surface area contributed by atoms with Crippen molar-refractivity contribution >= 4 is 5.69 Å². The zero-order chi connectivity index (χ0) is 11.3. The maximum atomic E-state index is 10.6. The van der Waals surface area contributed by atoms with E-state index in [1.807, 2.05) is 7.05 Å². The molecule has 0 aliphatic rings. The first-order chi connectivity index (χ1) is 7.16. The molecule has 15 heavy (non-hydrogen) atoms. The SMILES string of the molecule is CNCCOc1cccc([N+](=O)[O-])c1C. The van der Waals surface area contributed by atoms with E-state index in [1.165, 1.54) is 6.07 Å². The third-order valence-corrected chi connectivity index (χ3v) is 2.06. The van der Waals surface area contributed by atoms with Crippen molar-refractivity contribution in [3.63, 3.8) is 0 Å². The van der Waals surface area contributed by atoms with E-state index in [-0.39, 0.29) is 5.69 Å². The van der Waals surface area contributed by atoms with Gasteiger partial charge in [0.05, 0.1) is 10.5 Å². The van der Waals surface area contributed by atoms with Crippen LogP contribution in [-0.4, -0.2) is 25.1 Å². The Hall–Kier alpha value is -1.62. The van der Waals surface area contributed by atoms with Crippen molar-refractivity contribution in [3.05, 3.63) is 33.9 Å². The summed E-state index contributed by atoms with van der Waals surface area (Å²) in [5.74, 6) is 0.569. The molecule has 0 aliphatic heterocycles. The van der Waals surface area contributed by atoms with E-state index in [4.69, 9.17) is 4.74 Å². The third kappa shape index (κ3) is 2.92. The van der Waals surface area contributed by atoms with Crippen LogP contribution in [0.3, 0.4) is 0 Å². The summed E-state index contributed by atoms with van der Waals surface area (Å²) in [5.41, 5.74) is 0.663. The number of nitro benzene ring substituents is 1. The highest BCUT2D eigenvalue weighted by atomic mass is 16.6. The van der Waals surface area contributed by atoms with Crippen LogP contribution in [-0.2, 0) is 0 Å². The molecule has 82 valence electrons. The lowest BCUT2D eigenvalue weighted by Gasteiger charge is -2.08. The molecule has 5 nitrogen and oxygen atoms in total. The number of nitrogens with one attached hydrogen (secondary N) is 1. The lowest BCUT2D eigenvalue weighted by Crippen LogP contribution is -2.16. The molecule has 0 bridgehead atoms. The van der Waals surface area contributed by atoms with Gasteiger partial charge < -0.3 is 10.1 Å². The monoisotopic (exact) mass is 210 g/mol. The van der Waals surface area contributed by atoms with Crippen molar-refractivity contribution < 1.29 is 9.66 Å². The fourth-order valence-electron chi connectivity index (χ4n) is 1.22. The molecule has 0 spiro atoms. The second-order valence-corrected chi connectivity index (χ2v) is 3.11. The topological polar surface area (TPSA) is 64.4 Å². The zero-order valence-corrected chi connectivity index (χ0v) is 8.82. The van der Waals surface area contributed by atoms with Gasteiger partial charge >= 0.3 is 0 Å². The van der Waals surface area contributed by atoms with Crippen molar-refractivity contribution in [1.82, 2.24) is 5.32 Å². The molecular weight excluding hydrogens is 196 g/mol. The molecule has 0 saturated heterocycles. The van der Waals surface area contributed by atoms with Gasteiger partial charge in [0.25, 0.3) is 5.69 Å². The fourth-order valence-corrected chi connectivity index (χ4v) is 1.22. The van der Waals surface area contributed by atoms with Crippen molar-refractivity contribution in [2.45, 2.75) is 6.92 Å². The van der Waals surface area contributed by atoms with Crippen LogP contribution in [0.1, 0.15) is 5.56 Å². The molecular formula is C10H14N2O3. The minimum absolute atomic E-state index is 0.0944. The first-order valence-electron chi connectivity index (χ1n) is 4.68. The predicted molar refractivity (Wildman–Crippen MR) is 57.3 cm³/mol. The molecule has 1 aromatic rings. The Morgan fingerprint density at radius 3 is 2.87 bits per heavy atom. The van der Waals surface area contributed by atoms with Crippen molar-refractivity contribution in [3.8, 4) is 5.75 Å². The quantitative estimate of drug-likeness (QED) is 0.454. The number of nitro groups is 1. The van der Waals surface area contributed by atoms with E-state index in [2.05, 4.69) is 5.32 Å². The Morgan fingerprint density at radius 2 is 2.27 bits per heavy atom. The molecule has 0 amide bonds. The summed E-state index contributed by atoms with van der Waals surface area (Å²) in [6, 6.07) is 4.83. The zero-order valence-electron chi connectivity index (χ0n) is 8.82. The van der Waals surface area contributed by atoms with Gasteiger partial charge in [-0.1, -0.05) is 6.07 Å². The lowest BCUT2D eigenvalue weighted by atomic mass is 10.2. The normalized spacial score (nSPS) is 10.0. The van der Waals surface area contributed by atoms with E-state index < -0.39 is 4.92 Å². The number of benzene rings is 1. The Kier molecular flexibility index (Phi) is 4.05. The summed E-state index contributed by atoms with van der Waals surface area (Å²) in [5, 5.41) is 13.6. The van der Waals surface area contributed by atoms with Gasteiger partial charge in [-0.3, -0.25) is 10.1 Å². The third-order valence-electron chi connectivity index (χ3n) is 2.06. The number of rotatable bonds is 5. The van der Waals surface area contributed by atoms with E-state index in [0.717, 1.165) is 0 Å². The predicted octanol–water partition coefficient (Wildman–Crippen LogP) is 1.50. The highest BCUT2D eigenvalue weighted by Gasteiger charge is 2.13. The Bertz CT molecular complexity index is 353. The van der Waals surface area contributed by atoms with Gasteiger partial charge in [-0.15, -0.1) is 0 Å².